The molecule has 21 heavy (non-hydrogen) atoms. The highest BCUT2D eigenvalue weighted by Crippen LogP contribution is 2.21. The molecule has 0 heterocycles. The van der Waals surface area contributed by atoms with Crippen LogP contribution >= 0.6 is 23.2 Å². The van der Waals surface area contributed by atoms with Crippen molar-refractivity contribution < 1.29 is 9.53 Å². The third-order valence-electron chi connectivity index (χ3n) is 3.05. The maximum atomic E-state index is 12.1. The maximum Gasteiger partial charge on any atom is 0.252 e. The van der Waals surface area contributed by atoms with Crippen LogP contribution < -0.4 is 10.1 Å². The predicted octanol–water partition coefficient (Wildman–Crippen LogP) is 3.97. The lowest BCUT2D eigenvalue weighted by Crippen LogP contribution is -2.26. The number of halogens is 2. The van der Waals surface area contributed by atoms with E-state index in [9.17, 15) is 4.79 Å². The summed E-state index contributed by atoms with van der Waals surface area (Å²) in [6.07, 6.45) is 0.675. The number of carbonyl (C=O) groups is 1. The number of carbonyl (C=O) groups excluding carboxylic acids is 1. The van der Waals surface area contributed by atoms with E-state index in [0.717, 1.165) is 11.3 Å². The van der Waals surface area contributed by atoms with Gasteiger partial charge in [-0.15, -0.1) is 0 Å². The van der Waals surface area contributed by atoms with Crippen molar-refractivity contribution in [1.29, 1.82) is 0 Å². The molecule has 0 aliphatic heterocycles. The van der Waals surface area contributed by atoms with E-state index in [-0.39, 0.29) is 5.91 Å². The fraction of sp³-hybridized carbons (Fsp3) is 0.188. The Hall–Kier alpha value is -1.71. The van der Waals surface area contributed by atoms with Gasteiger partial charge >= 0.3 is 0 Å². The minimum absolute atomic E-state index is 0.239. The molecule has 5 heteroatoms. The molecule has 1 amide bonds. The van der Waals surface area contributed by atoms with Gasteiger partial charge in [0, 0.05) is 11.6 Å². The first-order valence-electron chi connectivity index (χ1n) is 6.47. The summed E-state index contributed by atoms with van der Waals surface area (Å²) in [5.74, 6) is 0.574. The number of hydrogen-bond donors (Lipinski definition) is 1. The Kier molecular flexibility index (Phi) is 5.48. The molecule has 2 aromatic carbocycles. The monoisotopic (exact) mass is 323 g/mol. The number of para-hydroxylation sites is 1. The highest BCUT2D eigenvalue weighted by Gasteiger charge is 2.11. The normalized spacial score (nSPS) is 10.2. The molecule has 0 aliphatic rings. The third kappa shape index (κ3) is 4.13. The van der Waals surface area contributed by atoms with E-state index in [1.165, 1.54) is 0 Å². The molecule has 110 valence electrons. The van der Waals surface area contributed by atoms with Gasteiger partial charge in [0.05, 0.1) is 17.7 Å². The van der Waals surface area contributed by atoms with Crippen LogP contribution in [0.5, 0.6) is 5.75 Å². The summed E-state index contributed by atoms with van der Waals surface area (Å²) in [7, 11) is 1.63. The van der Waals surface area contributed by atoms with Crippen LogP contribution in [0.3, 0.4) is 0 Å². The lowest BCUT2D eigenvalue weighted by atomic mass is 10.1. The Morgan fingerprint density at radius 3 is 2.71 bits per heavy atom. The fourth-order valence-electron chi connectivity index (χ4n) is 1.99. The lowest BCUT2D eigenvalue weighted by molar-refractivity contribution is 0.0954. The van der Waals surface area contributed by atoms with Crippen molar-refractivity contribution >= 4 is 29.1 Å². The Balaban J connectivity index is 1.97. The predicted molar refractivity (Wildman–Crippen MR) is 85.5 cm³/mol. The van der Waals surface area contributed by atoms with Gasteiger partial charge < -0.3 is 10.1 Å². The van der Waals surface area contributed by atoms with E-state index in [4.69, 9.17) is 27.9 Å². The smallest absolute Gasteiger partial charge is 0.252 e. The van der Waals surface area contributed by atoms with Crippen molar-refractivity contribution in [3.63, 3.8) is 0 Å². The Bertz CT molecular complexity index is 644. The number of amides is 1. The van der Waals surface area contributed by atoms with E-state index >= 15 is 0 Å². The van der Waals surface area contributed by atoms with E-state index < -0.39 is 0 Å². The zero-order valence-corrected chi connectivity index (χ0v) is 13.0. The molecule has 0 atom stereocenters. The summed E-state index contributed by atoms with van der Waals surface area (Å²) in [5, 5.41) is 3.69. The van der Waals surface area contributed by atoms with Crippen molar-refractivity contribution in [1.82, 2.24) is 5.32 Å². The molecule has 0 spiro atoms. The molecule has 0 radical (unpaired) electrons. The molecule has 0 aliphatic carbocycles. The number of methoxy groups -OCH3 is 1. The lowest BCUT2D eigenvalue weighted by Gasteiger charge is -2.10. The van der Waals surface area contributed by atoms with Crippen LogP contribution in [0.4, 0.5) is 0 Å². The number of hydrogen-bond acceptors (Lipinski definition) is 2. The minimum Gasteiger partial charge on any atom is -0.496 e. The molecule has 0 fully saturated rings. The van der Waals surface area contributed by atoms with Crippen molar-refractivity contribution in [3.8, 4) is 5.75 Å². The Labute approximate surface area is 133 Å². The van der Waals surface area contributed by atoms with Crippen LogP contribution in [0, 0.1) is 0 Å². The second kappa shape index (κ2) is 7.34. The number of ether oxygens (including phenoxy) is 1. The van der Waals surface area contributed by atoms with Gasteiger partial charge in [-0.3, -0.25) is 4.79 Å². The van der Waals surface area contributed by atoms with Crippen LogP contribution in [0.25, 0.3) is 0 Å². The van der Waals surface area contributed by atoms with Crippen LogP contribution in [-0.4, -0.2) is 19.6 Å². The van der Waals surface area contributed by atoms with Crippen molar-refractivity contribution in [2.24, 2.45) is 0 Å². The van der Waals surface area contributed by atoms with Gasteiger partial charge in [0.15, 0.2) is 0 Å². The quantitative estimate of drug-likeness (QED) is 0.904. The molecule has 0 saturated carbocycles. The van der Waals surface area contributed by atoms with E-state index in [2.05, 4.69) is 5.32 Å². The number of nitrogens with one attached hydrogen (secondary N) is 1. The summed E-state index contributed by atoms with van der Waals surface area (Å²) >= 11 is 11.9. The van der Waals surface area contributed by atoms with Gasteiger partial charge in [-0.2, -0.15) is 0 Å². The van der Waals surface area contributed by atoms with Crippen LogP contribution in [0.15, 0.2) is 42.5 Å². The molecule has 2 aromatic rings. The standard InChI is InChI=1S/C16H15Cl2NO2/c1-21-15-5-3-2-4-11(15)8-9-19-16(20)13-10-12(17)6-7-14(13)18/h2-7,10H,8-9H2,1H3,(H,19,20). The zero-order chi connectivity index (χ0) is 15.2. The summed E-state index contributed by atoms with van der Waals surface area (Å²) in [6, 6.07) is 12.5. The van der Waals surface area contributed by atoms with Crippen LogP contribution in [0.2, 0.25) is 10.0 Å². The van der Waals surface area contributed by atoms with Crippen molar-refractivity contribution in [2.45, 2.75) is 6.42 Å². The van der Waals surface area contributed by atoms with Crippen LogP contribution in [-0.2, 0) is 6.42 Å². The SMILES string of the molecule is COc1ccccc1CCNC(=O)c1cc(Cl)ccc1Cl. The third-order valence-corrected chi connectivity index (χ3v) is 3.61. The fourth-order valence-corrected chi connectivity index (χ4v) is 2.36. The van der Waals surface area contributed by atoms with Gasteiger partial charge in [0.1, 0.15) is 5.75 Å². The molecule has 0 bridgehead atoms. The molecular formula is C16H15Cl2NO2. The highest BCUT2D eigenvalue weighted by atomic mass is 35.5. The molecule has 0 unspecified atom stereocenters. The molecule has 2 rings (SSSR count). The summed E-state index contributed by atoms with van der Waals surface area (Å²) in [5.41, 5.74) is 1.42. The van der Waals surface area contributed by atoms with Crippen LogP contribution in [0.1, 0.15) is 15.9 Å². The van der Waals surface area contributed by atoms with Crippen molar-refractivity contribution in [3.05, 3.63) is 63.6 Å². The molecule has 0 aromatic heterocycles. The maximum absolute atomic E-state index is 12.1. The first kappa shape index (κ1) is 15.7. The van der Waals surface area contributed by atoms with Gasteiger partial charge in [0.2, 0.25) is 0 Å². The topological polar surface area (TPSA) is 38.3 Å². The largest absolute Gasteiger partial charge is 0.496 e. The number of benzene rings is 2. The van der Waals surface area contributed by atoms with Crippen molar-refractivity contribution in [2.75, 3.05) is 13.7 Å². The Morgan fingerprint density at radius 1 is 1.19 bits per heavy atom. The number of rotatable bonds is 5. The van der Waals surface area contributed by atoms with Gasteiger partial charge in [-0.05, 0) is 36.2 Å². The van der Waals surface area contributed by atoms with Gasteiger partial charge in [0.25, 0.3) is 5.91 Å². The first-order valence-corrected chi connectivity index (χ1v) is 7.22. The van der Waals surface area contributed by atoms with E-state index in [0.29, 0.717) is 28.6 Å². The average Bonchev–Trinajstić information content (AvgIpc) is 2.50. The second-order valence-corrected chi connectivity index (χ2v) is 5.29. The molecule has 0 saturated heterocycles. The zero-order valence-electron chi connectivity index (χ0n) is 11.5. The highest BCUT2D eigenvalue weighted by molar-refractivity contribution is 6.35. The second-order valence-electron chi connectivity index (χ2n) is 4.44. The minimum atomic E-state index is -0.239. The Morgan fingerprint density at radius 2 is 1.95 bits per heavy atom. The molecular weight excluding hydrogens is 309 g/mol. The van der Waals surface area contributed by atoms with E-state index in [1.807, 2.05) is 24.3 Å². The van der Waals surface area contributed by atoms with Gasteiger partial charge in [-0.25, -0.2) is 0 Å². The first-order chi connectivity index (χ1) is 10.1. The molecule has 3 nitrogen and oxygen atoms in total. The summed E-state index contributed by atoms with van der Waals surface area (Å²) in [4.78, 5) is 12.1. The molecule has 1 N–H and O–H groups in total. The average molecular weight is 324 g/mol. The van der Waals surface area contributed by atoms with E-state index in [1.54, 1.807) is 25.3 Å². The van der Waals surface area contributed by atoms with Gasteiger partial charge in [-0.1, -0.05) is 41.4 Å². The summed E-state index contributed by atoms with van der Waals surface area (Å²) < 4.78 is 5.27. The summed E-state index contributed by atoms with van der Waals surface area (Å²) in [6.45, 7) is 0.488.